The largest absolute Gasteiger partial charge is 0.493 e. The van der Waals surface area contributed by atoms with E-state index in [1.54, 1.807) is 30.2 Å². The van der Waals surface area contributed by atoms with Crippen molar-refractivity contribution in [3.63, 3.8) is 0 Å². The van der Waals surface area contributed by atoms with E-state index in [1.807, 2.05) is 4.90 Å². The Morgan fingerprint density at radius 1 is 1.23 bits per heavy atom. The molecule has 2 aliphatic heterocycles. The summed E-state index contributed by atoms with van der Waals surface area (Å²) < 4.78 is 15.9. The maximum atomic E-state index is 12.6. The summed E-state index contributed by atoms with van der Waals surface area (Å²) in [7, 11) is 3.06. The van der Waals surface area contributed by atoms with Crippen molar-refractivity contribution in [2.45, 2.75) is 32.7 Å². The molecular formula is C22H29ClN2O5. The Hall–Kier alpha value is -2.41. The zero-order chi connectivity index (χ0) is 21.9. The fourth-order valence-electron chi connectivity index (χ4n) is 3.89. The molecule has 0 radical (unpaired) electrons. The van der Waals surface area contributed by atoms with Crippen molar-refractivity contribution in [2.24, 2.45) is 5.41 Å². The van der Waals surface area contributed by atoms with Crippen LogP contribution >= 0.6 is 11.6 Å². The molecule has 2 amide bonds. The molecule has 0 saturated carbocycles. The second-order valence-corrected chi connectivity index (χ2v) is 8.82. The Labute approximate surface area is 182 Å². The number of halogens is 1. The lowest BCUT2D eigenvalue weighted by atomic mass is 9.91. The first-order valence-electron chi connectivity index (χ1n) is 10.1. The van der Waals surface area contributed by atoms with Crippen molar-refractivity contribution in [2.75, 3.05) is 40.5 Å². The smallest absolute Gasteiger partial charge is 0.410 e. The van der Waals surface area contributed by atoms with Crippen LogP contribution in [0, 0.1) is 5.41 Å². The first kappa shape index (κ1) is 22.3. The number of carbonyl (C=O) groups is 2. The summed E-state index contributed by atoms with van der Waals surface area (Å²) in [6.07, 6.45) is 4.43. The van der Waals surface area contributed by atoms with Gasteiger partial charge < -0.3 is 24.0 Å². The Morgan fingerprint density at radius 2 is 1.93 bits per heavy atom. The van der Waals surface area contributed by atoms with Gasteiger partial charge in [-0.05, 0) is 36.6 Å². The lowest BCUT2D eigenvalue weighted by Gasteiger charge is -2.44. The highest BCUT2D eigenvalue weighted by Gasteiger charge is 2.38. The number of likely N-dealkylation sites (tertiary alicyclic amines) is 1. The molecule has 8 heteroatoms. The van der Waals surface area contributed by atoms with E-state index in [-0.39, 0.29) is 23.5 Å². The number of piperidine rings is 1. The highest BCUT2D eigenvalue weighted by atomic mass is 35.5. The lowest BCUT2D eigenvalue weighted by molar-refractivity contribution is -0.127. The van der Waals surface area contributed by atoms with Crippen LogP contribution in [-0.2, 0) is 9.53 Å². The molecule has 0 aromatic heterocycles. The number of hydrogen-bond acceptors (Lipinski definition) is 5. The lowest BCUT2D eigenvalue weighted by Crippen LogP contribution is -2.55. The Kier molecular flexibility index (Phi) is 6.81. The van der Waals surface area contributed by atoms with Gasteiger partial charge in [0.1, 0.15) is 0 Å². The van der Waals surface area contributed by atoms with Gasteiger partial charge in [-0.15, -0.1) is 0 Å². The first-order valence-corrected chi connectivity index (χ1v) is 10.4. The molecule has 1 aromatic rings. The number of rotatable bonds is 5. The molecule has 0 aliphatic carbocycles. The van der Waals surface area contributed by atoms with E-state index in [2.05, 4.69) is 13.8 Å². The molecule has 1 aromatic carbocycles. The van der Waals surface area contributed by atoms with Crippen LogP contribution in [0.3, 0.4) is 0 Å². The molecule has 0 bridgehead atoms. The molecule has 0 spiro atoms. The van der Waals surface area contributed by atoms with Crippen molar-refractivity contribution in [3.8, 4) is 11.5 Å². The number of nitrogens with zero attached hydrogens (tertiary/aromatic N) is 2. The minimum Gasteiger partial charge on any atom is -0.493 e. The van der Waals surface area contributed by atoms with Crippen molar-refractivity contribution in [1.82, 2.24) is 9.80 Å². The maximum absolute atomic E-state index is 12.6. The fraction of sp³-hybridized carbons (Fsp3) is 0.545. The minimum absolute atomic E-state index is 0.0533. The quantitative estimate of drug-likeness (QED) is 0.656. The molecule has 3 rings (SSSR count). The third kappa shape index (κ3) is 4.83. The van der Waals surface area contributed by atoms with Crippen LogP contribution in [0.5, 0.6) is 11.5 Å². The summed E-state index contributed by atoms with van der Waals surface area (Å²) in [5, 5.41) is 0.394. The Balaban J connectivity index is 1.60. The number of amides is 2. The molecule has 7 nitrogen and oxygen atoms in total. The summed E-state index contributed by atoms with van der Waals surface area (Å²) in [6, 6.07) is 3.63. The molecular weight excluding hydrogens is 408 g/mol. The number of benzene rings is 1. The minimum atomic E-state index is -0.248. The zero-order valence-corrected chi connectivity index (χ0v) is 18.7. The van der Waals surface area contributed by atoms with Gasteiger partial charge in [0.2, 0.25) is 5.91 Å². The third-order valence-corrected chi connectivity index (χ3v) is 5.95. The molecule has 2 fully saturated rings. The van der Waals surface area contributed by atoms with Crippen LogP contribution < -0.4 is 9.47 Å². The van der Waals surface area contributed by atoms with Gasteiger partial charge in [0.25, 0.3) is 0 Å². The molecule has 30 heavy (non-hydrogen) atoms. The van der Waals surface area contributed by atoms with Gasteiger partial charge in [-0.25, -0.2) is 4.79 Å². The second kappa shape index (κ2) is 9.16. The predicted molar refractivity (Wildman–Crippen MR) is 115 cm³/mol. The summed E-state index contributed by atoms with van der Waals surface area (Å²) in [6.45, 7) is 6.51. The van der Waals surface area contributed by atoms with Crippen molar-refractivity contribution in [1.29, 1.82) is 0 Å². The average Bonchev–Trinajstić information content (AvgIpc) is 2.74. The van der Waals surface area contributed by atoms with E-state index in [9.17, 15) is 9.59 Å². The van der Waals surface area contributed by atoms with Gasteiger partial charge in [-0.1, -0.05) is 25.4 Å². The van der Waals surface area contributed by atoms with E-state index in [4.69, 9.17) is 25.8 Å². The van der Waals surface area contributed by atoms with E-state index in [0.29, 0.717) is 48.3 Å². The van der Waals surface area contributed by atoms with Crippen LogP contribution in [0.15, 0.2) is 18.2 Å². The fourth-order valence-corrected chi connectivity index (χ4v) is 4.18. The molecule has 2 heterocycles. The number of cyclic esters (lactones) is 1. The summed E-state index contributed by atoms with van der Waals surface area (Å²) in [5.41, 5.74) is 0.623. The normalized spacial score (nSPS) is 19.7. The molecule has 2 saturated heterocycles. The SMILES string of the molecule is COc1ccc(/C=C/C(=O)N2CCC(N3CC(C)(C)COC3=O)CC2)c(Cl)c1OC. The maximum Gasteiger partial charge on any atom is 0.410 e. The van der Waals surface area contributed by atoms with Crippen molar-refractivity contribution >= 4 is 29.7 Å². The average molecular weight is 437 g/mol. The number of hydrogen-bond donors (Lipinski definition) is 0. The van der Waals surface area contributed by atoms with Gasteiger partial charge in [-0.2, -0.15) is 0 Å². The Bertz CT molecular complexity index is 831. The van der Waals surface area contributed by atoms with Gasteiger partial charge in [0.15, 0.2) is 11.5 Å². The summed E-state index contributed by atoms with van der Waals surface area (Å²) >= 11 is 6.37. The first-order chi connectivity index (χ1) is 14.3. The van der Waals surface area contributed by atoms with Crippen molar-refractivity contribution < 1.29 is 23.8 Å². The van der Waals surface area contributed by atoms with Crippen LogP contribution in [0.25, 0.3) is 6.08 Å². The number of carbonyl (C=O) groups excluding carboxylic acids is 2. The van der Waals surface area contributed by atoms with E-state index in [1.165, 1.54) is 13.2 Å². The summed E-state index contributed by atoms with van der Waals surface area (Å²) in [4.78, 5) is 28.4. The molecule has 0 unspecified atom stereocenters. The standard InChI is InChI=1S/C22H29ClN2O5/c1-22(2)13-25(21(27)30-14-22)16-9-11-24(12-10-16)18(26)8-6-15-5-7-17(28-3)20(29-4)19(15)23/h5-8,16H,9-14H2,1-4H3/b8-6+. The van der Waals surface area contributed by atoms with Gasteiger partial charge >= 0.3 is 6.09 Å². The predicted octanol–water partition coefficient (Wildman–Crippen LogP) is 3.84. The highest BCUT2D eigenvalue weighted by Crippen LogP contribution is 2.37. The topological polar surface area (TPSA) is 68.3 Å². The van der Waals surface area contributed by atoms with Crippen LogP contribution in [0.2, 0.25) is 5.02 Å². The summed E-state index contributed by atoms with van der Waals surface area (Å²) in [5.74, 6) is 0.888. The van der Waals surface area contributed by atoms with Gasteiger partial charge in [0.05, 0.1) is 25.8 Å². The highest BCUT2D eigenvalue weighted by molar-refractivity contribution is 6.33. The van der Waals surface area contributed by atoms with Crippen molar-refractivity contribution in [3.05, 3.63) is 28.8 Å². The molecule has 164 valence electrons. The third-order valence-electron chi connectivity index (χ3n) is 5.56. The van der Waals surface area contributed by atoms with Crippen LogP contribution in [0.4, 0.5) is 4.79 Å². The zero-order valence-electron chi connectivity index (χ0n) is 17.9. The number of ether oxygens (including phenoxy) is 3. The number of methoxy groups -OCH3 is 2. The van der Waals surface area contributed by atoms with Gasteiger partial charge in [-0.3, -0.25) is 4.79 Å². The van der Waals surface area contributed by atoms with Crippen LogP contribution in [-0.4, -0.2) is 68.3 Å². The molecule has 2 aliphatic rings. The van der Waals surface area contributed by atoms with E-state index in [0.717, 1.165) is 12.8 Å². The van der Waals surface area contributed by atoms with E-state index >= 15 is 0 Å². The molecule has 0 atom stereocenters. The second-order valence-electron chi connectivity index (χ2n) is 8.44. The molecule has 0 N–H and O–H groups in total. The monoisotopic (exact) mass is 436 g/mol. The van der Waals surface area contributed by atoms with Crippen LogP contribution in [0.1, 0.15) is 32.3 Å². The van der Waals surface area contributed by atoms with E-state index < -0.39 is 0 Å². The van der Waals surface area contributed by atoms with Gasteiger partial charge in [0, 0.05) is 37.2 Å². The Morgan fingerprint density at radius 3 is 2.57 bits per heavy atom.